The molecule has 1 aliphatic rings. The molecule has 0 radical (unpaired) electrons. The summed E-state index contributed by atoms with van der Waals surface area (Å²) in [6, 6.07) is 1.11. The number of pyridine rings is 1. The van der Waals surface area contributed by atoms with E-state index in [-0.39, 0.29) is 5.56 Å². The molecule has 1 aliphatic heterocycles. The van der Waals surface area contributed by atoms with Gasteiger partial charge in [-0.15, -0.1) is 0 Å². The number of rotatable bonds is 2. The van der Waals surface area contributed by atoms with E-state index in [9.17, 15) is 9.18 Å². The van der Waals surface area contributed by atoms with E-state index < -0.39 is 11.7 Å². The molecular weight excluding hydrogens is 213 g/mol. The average Bonchev–Trinajstić information content (AvgIpc) is 2.30. The Bertz CT molecular complexity index is 405. The van der Waals surface area contributed by atoms with Crippen molar-refractivity contribution in [3.8, 4) is 0 Å². The number of nitrogens with zero attached hydrogens (tertiary/aromatic N) is 2. The smallest absolute Gasteiger partial charge is 0.252 e. The second-order valence-electron chi connectivity index (χ2n) is 3.49. The molecule has 86 valence electrons. The predicted octanol–water partition coefficient (Wildman–Crippen LogP) is 0.156. The van der Waals surface area contributed by atoms with Crippen LogP contribution >= 0.6 is 0 Å². The maximum Gasteiger partial charge on any atom is 0.252 e. The Labute approximate surface area is 92.0 Å². The Morgan fingerprint density at radius 2 is 2.19 bits per heavy atom. The van der Waals surface area contributed by atoms with E-state index >= 15 is 0 Å². The van der Waals surface area contributed by atoms with Crippen LogP contribution in [0.2, 0.25) is 0 Å². The lowest BCUT2D eigenvalue weighted by molar-refractivity contribution is 0.0997. The Balaban J connectivity index is 2.34. The third-order valence-corrected chi connectivity index (χ3v) is 2.41. The Morgan fingerprint density at radius 1 is 1.50 bits per heavy atom. The molecule has 16 heavy (non-hydrogen) atoms. The summed E-state index contributed by atoms with van der Waals surface area (Å²) in [5.41, 5.74) is 5.30. The number of nitrogens with two attached hydrogens (primary N) is 1. The van der Waals surface area contributed by atoms with Gasteiger partial charge in [-0.3, -0.25) is 4.79 Å². The summed E-state index contributed by atoms with van der Waals surface area (Å²) in [7, 11) is 0. The highest BCUT2D eigenvalue weighted by Crippen LogP contribution is 2.19. The molecule has 1 aromatic heterocycles. The van der Waals surface area contributed by atoms with Crippen molar-refractivity contribution >= 4 is 11.7 Å². The first-order valence-electron chi connectivity index (χ1n) is 4.96. The van der Waals surface area contributed by atoms with Gasteiger partial charge >= 0.3 is 0 Å². The Hall–Kier alpha value is -1.69. The van der Waals surface area contributed by atoms with E-state index in [1.54, 1.807) is 0 Å². The zero-order valence-electron chi connectivity index (χ0n) is 8.65. The van der Waals surface area contributed by atoms with Crippen LogP contribution in [0.15, 0.2) is 12.3 Å². The number of hydrogen-bond donors (Lipinski definition) is 1. The summed E-state index contributed by atoms with van der Waals surface area (Å²) in [6.07, 6.45) is 1.08. The molecule has 0 atom stereocenters. The number of morpholine rings is 1. The molecule has 0 spiro atoms. The minimum atomic E-state index is -0.673. The first kappa shape index (κ1) is 10.8. The molecule has 0 unspecified atom stereocenters. The van der Waals surface area contributed by atoms with Gasteiger partial charge in [0.05, 0.1) is 25.0 Å². The highest BCUT2D eigenvalue weighted by molar-refractivity contribution is 5.97. The van der Waals surface area contributed by atoms with E-state index in [4.69, 9.17) is 10.5 Å². The summed E-state index contributed by atoms with van der Waals surface area (Å²) in [4.78, 5) is 17.0. The number of ether oxygens (including phenoxy) is 1. The lowest BCUT2D eigenvalue weighted by atomic mass is 10.2. The summed E-state index contributed by atoms with van der Waals surface area (Å²) < 4.78 is 18.1. The molecule has 2 rings (SSSR count). The van der Waals surface area contributed by atoms with Crippen molar-refractivity contribution in [1.82, 2.24) is 4.98 Å². The molecule has 0 saturated carbocycles. The molecule has 0 aliphatic carbocycles. The first-order valence-corrected chi connectivity index (χ1v) is 4.96. The van der Waals surface area contributed by atoms with Gasteiger partial charge in [0.25, 0.3) is 5.91 Å². The van der Waals surface area contributed by atoms with Gasteiger partial charge in [-0.25, -0.2) is 9.37 Å². The minimum absolute atomic E-state index is 0.113. The van der Waals surface area contributed by atoms with Crippen LogP contribution in [-0.4, -0.2) is 37.2 Å². The van der Waals surface area contributed by atoms with E-state index in [1.807, 2.05) is 4.90 Å². The molecule has 1 saturated heterocycles. The van der Waals surface area contributed by atoms with Gasteiger partial charge < -0.3 is 15.4 Å². The van der Waals surface area contributed by atoms with Gasteiger partial charge in [-0.2, -0.15) is 0 Å². The van der Waals surface area contributed by atoms with Crippen LogP contribution in [0.25, 0.3) is 0 Å². The van der Waals surface area contributed by atoms with Gasteiger partial charge in [-0.05, 0) is 6.07 Å². The van der Waals surface area contributed by atoms with E-state index in [2.05, 4.69) is 4.98 Å². The molecule has 5 nitrogen and oxygen atoms in total. The third-order valence-electron chi connectivity index (χ3n) is 2.41. The minimum Gasteiger partial charge on any atom is -0.378 e. The summed E-state index contributed by atoms with van der Waals surface area (Å²) >= 11 is 0. The van der Waals surface area contributed by atoms with Gasteiger partial charge in [-0.1, -0.05) is 0 Å². The van der Waals surface area contributed by atoms with Crippen molar-refractivity contribution < 1.29 is 13.9 Å². The van der Waals surface area contributed by atoms with Crippen LogP contribution in [0.1, 0.15) is 10.4 Å². The number of halogens is 1. The molecule has 2 N–H and O–H groups in total. The predicted molar refractivity (Wildman–Crippen MR) is 55.7 cm³/mol. The summed E-state index contributed by atoms with van der Waals surface area (Å²) in [5.74, 6) is -0.809. The highest BCUT2D eigenvalue weighted by Gasteiger charge is 2.19. The SMILES string of the molecule is NC(=O)c1cc(F)cnc1N1CCOCC1. The topological polar surface area (TPSA) is 68.5 Å². The fourth-order valence-corrected chi connectivity index (χ4v) is 1.64. The van der Waals surface area contributed by atoms with Crippen molar-refractivity contribution in [3.05, 3.63) is 23.6 Å². The largest absolute Gasteiger partial charge is 0.378 e. The normalized spacial score (nSPS) is 16.2. The second-order valence-corrected chi connectivity index (χ2v) is 3.49. The first-order chi connectivity index (χ1) is 7.68. The van der Waals surface area contributed by atoms with Crippen LogP contribution in [0.5, 0.6) is 0 Å². The quantitative estimate of drug-likeness (QED) is 0.778. The Kier molecular flexibility index (Phi) is 3.00. The van der Waals surface area contributed by atoms with Crippen molar-refractivity contribution in [3.63, 3.8) is 0 Å². The molecule has 2 heterocycles. The standard InChI is InChI=1S/C10H12FN3O2/c11-7-5-8(9(12)15)10(13-6-7)14-1-3-16-4-2-14/h5-6H,1-4H2,(H2,12,15). The maximum atomic E-state index is 13.0. The maximum absolute atomic E-state index is 13.0. The Morgan fingerprint density at radius 3 is 2.81 bits per heavy atom. The molecule has 6 heteroatoms. The third kappa shape index (κ3) is 2.11. The molecule has 1 fully saturated rings. The van der Waals surface area contributed by atoms with Crippen LogP contribution < -0.4 is 10.6 Å². The number of amides is 1. The molecule has 0 aromatic carbocycles. The summed E-state index contributed by atoms with van der Waals surface area (Å²) in [6.45, 7) is 2.38. The molecular formula is C10H12FN3O2. The zero-order chi connectivity index (χ0) is 11.5. The summed E-state index contributed by atoms with van der Waals surface area (Å²) in [5, 5.41) is 0. The lowest BCUT2D eigenvalue weighted by Gasteiger charge is -2.28. The van der Waals surface area contributed by atoms with E-state index in [0.717, 1.165) is 12.3 Å². The van der Waals surface area contributed by atoms with Crippen molar-refractivity contribution in [2.75, 3.05) is 31.2 Å². The van der Waals surface area contributed by atoms with Gasteiger partial charge in [0.2, 0.25) is 0 Å². The second kappa shape index (κ2) is 4.44. The number of primary amides is 1. The van der Waals surface area contributed by atoms with Crippen LogP contribution in [0, 0.1) is 5.82 Å². The lowest BCUT2D eigenvalue weighted by Crippen LogP contribution is -2.38. The fourth-order valence-electron chi connectivity index (χ4n) is 1.64. The van der Waals surface area contributed by atoms with Crippen molar-refractivity contribution in [1.29, 1.82) is 0 Å². The van der Waals surface area contributed by atoms with Gasteiger partial charge in [0.15, 0.2) is 0 Å². The molecule has 1 amide bonds. The van der Waals surface area contributed by atoms with Crippen LogP contribution in [0.4, 0.5) is 10.2 Å². The zero-order valence-corrected chi connectivity index (χ0v) is 8.65. The number of aromatic nitrogens is 1. The fraction of sp³-hybridized carbons (Fsp3) is 0.400. The molecule has 1 aromatic rings. The van der Waals surface area contributed by atoms with Crippen LogP contribution in [-0.2, 0) is 4.74 Å². The highest BCUT2D eigenvalue weighted by atomic mass is 19.1. The van der Waals surface area contributed by atoms with E-state index in [1.165, 1.54) is 0 Å². The van der Waals surface area contributed by atoms with Crippen molar-refractivity contribution in [2.45, 2.75) is 0 Å². The van der Waals surface area contributed by atoms with Gasteiger partial charge in [0, 0.05) is 13.1 Å². The molecule has 0 bridgehead atoms. The van der Waals surface area contributed by atoms with Gasteiger partial charge in [0.1, 0.15) is 11.6 Å². The van der Waals surface area contributed by atoms with Crippen LogP contribution in [0.3, 0.4) is 0 Å². The van der Waals surface area contributed by atoms with E-state index in [0.29, 0.717) is 32.1 Å². The number of carbonyl (C=O) groups excluding carboxylic acids is 1. The van der Waals surface area contributed by atoms with Crippen molar-refractivity contribution in [2.24, 2.45) is 5.73 Å². The average molecular weight is 225 g/mol. The number of hydrogen-bond acceptors (Lipinski definition) is 4. The number of carbonyl (C=O) groups is 1. The number of anilines is 1. The monoisotopic (exact) mass is 225 g/mol.